The number of nitrogens with zero attached hydrogens (tertiary/aromatic N) is 2. The lowest BCUT2D eigenvalue weighted by Crippen LogP contribution is -2.49. The second kappa shape index (κ2) is 6.98. The molecule has 0 aliphatic carbocycles. The zero-order valence-corrected chi connectivity index (χ0v) is 14.2. The van der Waals surface area contributed by atoms with Gasteiger partial charge in [-0.25, -0.2) is 0 Å². The van der Waals surface area contributed by atoms with E-state index in [1.165, 1.54) is 32.4 Å². The molecule has 2 aliphatic rings. The molecule has 0 unspecified atom stereocenters. The molecule has 24 heavy (non-hydrogen) atoms. The lowest BCUT2D eigenvalue weighted by Gasteiger charge is -2.38. The molecule has 1 aromatic heterocycles. The molecule has 2 aromatic rings. The number of hydrogen-bond donors (Lipinski definition) is 0. The first-order valence-corrected chi connectivity index (χ1v) is 9.28. The van der Waals surface area contributed by atoms with E-state index in [1.807, 2.05) is 18.2 Å². The van der Waals surface area contributed by atoms with Crippen molar-refractivity contribution in [2.45, 2.75) is 44.6 Å². The summed E-state index contributed by atoms with van der Waals surface area (Å²) in [6, 6.07) is 8.35. The fourth-order valence-corrected chi connectivity index (χ4v) is 4.26. The fourth-order valence-electron chi connectivity index (χ4n) is 4.26. The molecule has 1 atom stereocenters. The van der Waals surface area contributed by atoms with Gasteiger partial charge in [0.1, 0.15) is 5.58 Å². The quantitative estimate of drug-likeness (QED) is 0.863. The van der Waals surface area contributed by atoms with Crippen LogP contribution in [0.2, 0.25) is 0 Å². The molecule has 2 fully saturated rings. The molecule has 2 saturated heterocycles. The molecule has 0 radical (unpaired) electrons. The molecule has 0 spiro atoms. The van der Waals surface area contributed by atoms with Crippen molar-refractivity contribution < 1.29 is 9.21 Å². The molecule has 4 nitrogen and oxygen atoms in total. The van der Waals surface area contributed by atoms with Crippen LogP contribution in [0.1, 0.15) is 37.7 Å². The minimum absolute atomic E-state index is 0.271. The number of carbonyl (C=O) groups excluding carboxylic acids is 1. The standard InChI is InChI=1S/C20H26N2O2/c23-20(14-16-6-5-8-19-18(16)9-13-24-19)22-12-2-1-7-17(22)15-21-10-3-4-11-21/h5-6,8-9,13,17H,1-4,7,10-12,14-15H2/t17-/m0/s1. The molecule has 1 amide bonds. The van der Waals surface area contributed by atoms with Crippen molar-refractivity contribution in [1.29, 1.82) is 0 Å². The highest BCUT2D eigenvalue weighted by Crippen LogP contribution is 2.24. The van der Waals surface area contributed by atoms with Crippen LogP contribution in [0.5, 0.6) is 0 Å². The monoisotopic (exact) mass is 326 g/mol. The Morgan fingerprint density at radius 2 is 1.92 bits per heavy atom. The lowest BCUT2D eigenvalue weighted by atomic mass is 9.99. The SMILES string of the molecule is O=C(Cc1cccc2occc12)N1CCCC[C@H]1CN1CCCC1. The number of carbonyl (C=O) groups is 1. The summed E-state index contributed by atoms with van der Waals surface area (Å²) in [5.41, 5.74) is 1.95. The summed E-state index contributed by atoms with van der Waals surface area (Å²) in [6.45, 7) is 4.38. The van der Waals surface area contributed by atoms with E-state index in [9.17, 15) is 4.79 Å². The van der Waals surface area contributed by atoms with Gasteiger partial charge in [0.15, 0.2) is 0 Å². The minimum Gasteiger partial charge on any atom is -0.464 e. The topological polar surface area (TPSA) is 36.7 Å². The van der Waals surface area contributed by atoms with Gasteiger partial charge in [-0.2, -0.15) is 0 Å². The van der Waals surface area contributed by atoms with Crippen LogP contribution in [0.4, 0.5) is 0 Å². The Morgan fingerprint density at radius 3 is 2.79 bits per heavy atom. The Kier molecular flexibility index (Phi) is 4.56. The molecule has 4 heteroatoms. The molecule has 1 aromatic carbocycles. The van der Waals surface area contributed by atoms with Crippen LogP contribution in [-0.4, -0.2) is 47.9 Å². The van der Waals surface area contributed by atoms with Gasteiger partial charge in [-0.05, 0) is 62.9 Å². The van der Waals surface area contributed by atoms with Crippen LogP contribution < -0.4 is 0 Å². The molecular weight excluding hydrogens is 300 g/mol. The summed E-state index contributed by atoms with van der Waals surface area (Å²) in [7, 11) is 0. The Balaban J connectivity index is 1.47. The van der Waals surface area contributed by atoms with Crippen molar-refractivity contribution in [3.8, 4) is 0 Å². The first-order chi connectivity index (χ1) is 11.8. The van der Waals surface area contributed by atoms with Crippen LogP contribution in [0, 0.1) is 0 Å². The predicted molar refractivity (Wildman–Crippen MR) is 94.9 cm³/mol. The summed E-state index contributed by atoms with van der Waals surface area (Å²) in [6.07, 6.45) is 8.34. The van der Waals surface area contributed by atoms with E-state index in [2.05, 4.69) is 15.9 Å². The smallest absolute Gasteiger partial charge is 0.227 e. The Labute approximate surface area is 143 Å². The minimum atomic E-state index is 0.271. The van der Waals surface area contributed by atoms with Crippen molar-refractivity contribution in [3.05, 3.63) is 36.1 Å². The number of benzene rings is 1. The van der Waals surface area contributed by atoms with Crippen LogP contribution in [-0.2, 0) is 11.2 Å². The van der Waals surface area contributed by atoms with Gasteiger partial charge < -0.3 is 14.2 Å². The number of furan rings is 1. The molecule has 0 saturated carbocycles. The van der Waals surface area contributed by atoms with Gasteiger partial charge in [-0.1, -0.05) is 12.1 Å². The van der Waals surface area contributed by atoms with Crippen molar-refractivity contribution in [1.82, 2.24) is 9.80 Å². The molecule has 0 bridgehead atoms. The first-order valence-electron chi connectivity index (χ1n) is 9.28. The normalized spacial score (nSPS) is 22.3. The summed E-state index contributed by atoms with van der Waals surface area (Å²) in [4.78, 5) is 17.7. The highest BCUT2D eigenvalue weighted by molar-refractivity contribution is 5.87. The van der Waals surface area contributed by atoms with Gasteiger partial charge in [0.25, 0.3) is 0 Å². The Bertz CT molecular complexity index is 702. The largest absolute Gasteiger partial charge is 0.464 e. The molecule has 4 rings (SSSR count). The maximum absolute atomic E-state index is 13.0. The molecule has 0 N–H and O–H groups in total. The van der Waals surface area contributed by atoms with Gasteiger partial charge in [-0.15, -0.1) is 0 Å². The number of hydrogen-bond acceptors (Lipinski definition) is 3. The maximum atomic E-state index is 13.0. The Hall–Kier alpha value is -1.81. The number of fused-ring (bicyclic) bond motifs is 1. The molecular formula is C20H26N2O2. The average Bonchev–Trinajstić information content (AvgIpc) is 3.27. The second-order valence-electron chi connectivity index (χ2n) is 7.17. The van der Waals surface area contributed by atoms with E-state index in [0.717, 1.165) is 42.5 Å². The van der Waals surface area contributed by atoms with Crippen LogP contribution >= 0.6 is 0 Å². The van der Waals surface area contributed by atoms with Gasteiger partial charge in [-0.3, -0.25) is 4.79 Å². The van der Waals surface area contributed by atoms with E-state index < -0.39 is 0 Å². The Morgan fingerprint density at radius 1 is 1.08 bits per heavy atom. The van der Waals surface area contributed by atoms with Crippen LogP contribution in [0.25, 0.3) is 11.0 Å². The third kappa shape index (κ3) is 3.20. The summed E-state index contributed by atoms with van der Waals surface area (Å²) in [5.74, 6) is 0.271. The van der Waals surface area contributed by atoms with E-state index in [-0.39, 0.29) is 5.91 Å². The predicted octanol–water partition coefficient (Wildman–Crippen LogP) is 3.45. The highest BCUT2D eigenvalue weighted by atomic mass is 16.3. The summed E-state index contributed by atoms with van der Waals surface area (Å²) in [5, 5.41) is 1.07. The van der Waals surface area contributed by atoms with E-state index >= 15 is 0 Å². The van der Waals surface area contributed by atoms with Gasteiger partial charge in [0, 0.05) is 24.5 Å². The third-order valence-corrected chi connectivity index (χ3v) is 5.54. The van der Waals surface area contributed by atoms with Crippen LogP contribution in [0.15, 0.2) is 34.9 Å². The van der Waals surface area contributed by atoms with Crippen molar-refractivity contribution in [3.63, 3.8) is 0 Å². The third-order valence-electron chi connectivity index (χ3n) is 5.54. The van der Waals surface area contributed by atoms with E-state index in [4.69, 9.17) is 4.42 Å². The van der Waals surface area contributed by atoms with Gasteiger partial charge in [0.05, 0.1) is 12.7 Å². The molecule has 3 heterocycles. The number of rotatable bonds is 4. The van der Waals surface area contributed by atoms with Crippen molar-refractivity contribution in [2.24, 2.45) is 0 Å². The van der Waals surface area contributed by atoms with Crippen molar-refractivity contribution in [2.75, 3.05) is 26.2 Å². The second-order valence-corrected chi connectivity index (χ2v) is 7.17. The van der Waals surface area contributed by atoms with Gasteiger partial charge in [0.2, 0.25) is 5.91 Å². The zero-order valence-electron chi connectivity index (χ0n) is 14.2. The molecule has 2 aliphatic heterocycles. The zero-order chi connectivity index (χ0) is 16.4. The average molecular weight is 326 g/mol. The highest BCUT2D eigenvalue weighted by Gasteiger charge is 2.29. The summed E-state index contributed by atoms with van der Waals surface area (Å²) < 4.78 is 5.46. The van der Waals surface area contributed by atoms with Crippen LogP contribution in [0.3, 0.4) is 0 Å². The molecule has 128 valence electrons. The van der Waals surface area contributed by atoms with Crippen molar-refractivity contribution >= 4 is 16.9 Å². The van der Waals surface area contributed by atoms with E-state index in [1.54, 1.807) is 6.26 Å². The summed E-state index contributed by atoms with van der Waals surface area (Å²) >= 11 is 0. The number of amides is 1. The lowest BCUT2D eigenvalue weighted by molar-refractivity contribution is -0.134. The van der Waals surface area contributed by atoms with E-state index in [0.29, 0.717) is 12.5 Å². The maximum Gasteiger partial charge on any atom is 0.227 e. The number of piperidine rings is 1. The fraction of sp³-hybridized carbons (Fsp3) is 0.550. The number of likely N-dealkylation sites (tertiary alicyclic amines) is 2. The van der Waals surface area contributed by atoms with Gasteiger partial charge >= 0.3 is 0 Å². The first kappa shape index (κ1) is 15.7.